The highest BCUT2D eigenvalue weighted by Crippen LogP contribution is 2.32. The predicted octanol–water partition coefficient (Wildman–Crippen LogP) is 2.37. The van der Waals surface area contributed by atoms with Crippen LogP contribution in [0.15, 0.2) is 24.3 Å². The largest absolute Gasteiger partial charge is 0.376 e. The third kappa shape index (κ3) is 2.76. The van der Waals surface area contributed by atoms with Crippen LogP contribution in [0.2, 0.25) is 0 Å². The van der Waals surface area contributed by atoms with Gasteiger partial charge in [-0.15, -0.1) is 0 Å². The standard InChI is InChI=1S/C17H26N2O/c1-13-12-19(10-11-20-13)16-9-5-7-14-6-3-4-8-15(14)17(16)18-2/h3-4,6,8,13,16-18H,5,7,9-12H2,1-2H3. The molecule has 3 nitrogen and oxygen atoms in total. The second-order valence-corrected chi connectivity index (χ2v) is 6.10. The molecule has 1 fully saturated rings. The normalized spacial score (nSPS) is 31.6. The molecular formula is C17H26N2O. The number of benzene rings is 1. The van der Waals surface area contributed by atoms with Crippen molar-refractivity contribution in [1.82, 2.24) is 10.2 Å². The van der Waals surface area contributed by atoms with Gasteiger partial charge in [-0.1, -0.05) is 24.3 Å². The maximum Gasteiger partial charge on any atom is 0.0674 e. The number of aryl methyl sites for hydroxylation is 1. The molecule has 1 heterocycles. The fourth-order valence-corrected chi connectivity index (χ4v) is 3.83. The van der Waals surface area contributed by atoms with Crippen LogP contribution in [-0.2, 0) is 11.2 Å². The Morgan fingerprint density at radius 3 is 2.95 bits per heavy atom. The molecule has 0 bridgehead atoms. The number of likely N-dealkylation sites (N-methyl/N-ethyl adjacent to an activating group) is 1. The summed E-state index contributed by atoms with van der Waals surface area (Å²) in [5, 5.41) is 3.58. The van der Waals surface area contributed by atoms with E-state index < -0.39 is 0 Å². The minimum absolute atomic E-state index is 0.361. The third-order valence-corrected chi connectivity index (χ3v) is 4.77. The zero-order chi connectivity index (χ0) is 13.9. The number of rotatable bonds is 2. The number of morpholine rings is 1. The van der Waals surface area contributed by atoms with E-state index in [4.69, 9.17) is 4.74 Å². The van der Waals surface area contributed by atoms with Crippen LogP contribution in [0.1, 0.15) is 36.9 Å². The summed E-state index contributed by atoms with van der Waals surface area (Å²) in [5.41, 5.74) is 3.02. The number of fused-ring (bicyclic) bond motifs is 1. The predicted molar refractivity (Wildman–Crippen MR) is 82.0 cm³/mol. The average Bonchev–Trinajstić information content (AvgIpc) is 2.66. The van der Waals surface area contributed by atoms with Gasteiger partial charge >= 0.3 is 0 Å². The molecule has 1 aliphatic heterocycles. The average molecular weight is 274 g/mol. The van der Waals surface area contributed by atoms with Crippen LogP contribution in [0.5, 0.6) is 0 Å². The molecule has 20 heavy (non-hydrogen) atoms. The number of nitrogens with zero attached hydrogens (tertiary/aromatic N) is 1. The van der Waals surface area contributed by atoms with Crippen LogP contribution in [-0.4, -0.2) is 43.8 Å². The third-order valence-electron chi connectivity index (χ3n) is 4.77. The molecule has 3 heteroatoms. The Morgan fingerprint density at radius 1 is 1.30 bits per heavy atom. The highest BCUT2D eigenvalue weighted by molar-refractivity contribution is 5.32. The Balaban J connectivity index is 1.87. The highest BCUT2D eigenvalue weighted by Gasteiger charge is 2.32. The van der Waals surface area contributed by atoms with Gasteiger partial charge in [-0.2, -0.15) is 0 Å². The van der Waals surface area contributed by atoms with E-state index in [0.717, 1.165) is 19.7 Å². The maximum atomic E-state index is 5.71. The van der Waals surface area contributed by atoms with Crippen LogP contribution in [0.4, 0.5) is 0 Å². The van der Waals surface area contributed by atoms with E-state index >= 15 is 0 Å². The Bertz CT molecular complexity index is 448. The van der Waals surface area contributed by atoms with Crippen LogP contribution in [0.25, 0.3) is 0 Å². The van der Waals surface area contributed by atoms with Crippen LogP contribution in [0.3, 0.4) is 0 Å². The molecule has 1 saturated heterocycles. The van der Waals surface area contributed by atoms with Crippen LogP contribution in [0, 0.1) is 0 Å². The van der Waals surface area contributed by atoms with Crippen molar-refractivity contribution in [1.29, 1.82) is 0 Å². The molecule has 1 aliphatic carbocycles. The highest BCUT2D eigenvalue weighted by atomic mass is 16.5. The molecule has 1 aromatic carbocycles. The van der Waals surface area contributed by atoms with Gasteiger partial charge in [-0.3, -0.25) is 4.90 Å². The summed E-state index contributed by atoms with van der Waals surface area (Å²) >= 11 is 0. The van der Waals surface area contributed by atoms with E-state index in [2.05, 4.69) is 48.5 Å². The van der Waals surface area contributed by atoms with Crippen molar-refractivity contribution in [3.05, 3.63) is 35.4 Å². The molecule has 3 rings (SSSR count). The lowest BCUT2D eigenvalue weighted by atomic mass is 9.94. The first-order valence-electron chi connectivity index (χ1n) is 7.90. The first kappa shape index (κ1) is 14.1. The molecule has 2 aliphatic rings. The summed E-state index contributed by atoms with van der Waals surface area (Å²) in [5.74, 6) is 0. The molecule has 0 spiro atoms. The van der Waals surface area contributed by atoms with Gasteiger partial charge < -0.3 is 10.1 Å². The number of ether oxygens (including phenoxy) is 1. The van der Waals surface area contributed by atoms with Crippen molar-refractivity contribution in [2.24, 2.45) is 0 Å². The summed E-state index contributed by atoms with van der Waals surface area (Å²) in [6, 6.07) is 9.98. The molecule has 3 unspecified atom stereocenters. The number of nitrogens with one attached hydrogen (secondary N) is 1. The zero-order valence-electron chi connectivity index (χ0n) is 12.6. The molecule has 0 radical (unpaired) electrons. The fraction of sp³-hybridized carbons (Fsp3) is 0.647. The van der Waals surface area contributed by atoms with Crippen molar-refractivity contribution in [3.63, 3.8) is 0 Å². The van der Waals surface area contributed by atoms with Crippen molar-refractivity contribution in [2.75, 3.05) is 26.7 Å². The number of hydrogen-bond acceptors (Lipinski definition) is 3. The molecule has 1 N–H and O–H groups in total. The fourth-order valence-electron chi connectivity index (χ4n) is 3.83. The van der Waals surface area contributed by atoms with Crippen molar-refractivity contribution in [2.45, 2.75) is 44.4 Å². The first-order chi connectivity index (χ1) is 9.79. The zero-order valence-corrected chi connectivity index (χ0v) is 12.6. The Hall–Kier alpha value is -0.900. The molecule has 3 atom stereocenters. The SMILES string of the molecule is CNC1c2ccccc2CCCC1N1CCOC(C)C1. The minimum Gasteiger partial charge on any atom is -0.376 e. The summed E-state index contributed by atoms with van der Waals surface area (Å²) in [7, 11) is 2.10. The van der Waals surface area contributed by atoms with Crippen molar-refractivity contribution in [3.8, 4) is 0 Å². The van der Waals surface area contributed by atoms with Crippen LogP contribution < -0.4 is 5.32 Å². The molecule has 110 valence electrons. The Labute approximate surface area is 122 Å². The summed E-state index contributed by atoms with van der Waals surface area (Å²) < 4.78 is 5.71. The van der Waals surface area contributed by atoms with Gasteiger partial charge in [0.05, 0.1) is 12.7 Å². The van der Waals surface area contributed by atoms with E-state index in [0.29, 0.717) is 18.2 Å². The van der Waals surface area contributed by atoms with E-state index in [1.54, 1.807) is 0 Å². The maximum absolute atomic E-state index is 5.71. The molecule has 0 aromatic heterocycles. The lowest BCUT2D eigenvalue weighted by Crippen LogP contribution is -2.51. The van der Waals surface area contributed by atoms with E-state index in [-0.39, 0.29) is 0 Å². The smallest absolute Gasteiger partial charge is 0.0674 e. The minimum atomic E-state index is 0.361. The van der Waals surface area contributed by atoms with E-state index in [1.807, 2.05) is 0 Å². The van der Waals surface area contributed by atoms with Gasteiger partial charge in [0.15, 0.2) is 0 Å². The molecule has 0 saturated carbocycles. The van der Waals surface area contributed by atoms with Crippen LogP contribution >= 0.6 is 0 Å². The van der Waals surface area contributed by atoms with Gasteiger partial charge in [0.2, 0.25) is 0 Å². The summed E-state index contributed by atoms with van der Waals surface area (Å²) in [4.78, 5) is 2.64. The van der Waals surface area contributed by atoms with Crippen molar-refractivity contribution >= 4 is 0 Å². The summed E-state index contributed by atoms with van der Waals surface area (Å²) in [6.45, 7) is 5.18. The monoisotopic (exact) mass is 274 g/mol. The summed E-state index contributed by atoms with van der Waals surface area (Å²) in [6.07, 6.45) is 4.13. The Morgan fingerprint density at radius 2 is 2.15 bits per heavy atom. The van der Waals surface area contributed by atoms with Crippen molar-refractivity contribution < 1.29 is 4.74 Å². The number of hydrogen-bond donors (Lipinski definition) is 1. The molecule has 1 aromatic rings. The topological polar surface area (TPSA) is 24.5 Å². The molecule has 0 amide bonds. The first-order valence-corrected chi connectivity index (χ1v) is 7.90. The lowest BCUT2D eigenvalue weighted by molar-refractivity contribution is -0.0408. The second-order valence-electron chi connectivity index (χ2n) is 6.10. The van der Waals surface area contributed by atoms with Gasteiger partial charge in [-0.25, -0.2) is 0 Å². The van der Waals surface area contributed by atoms with Gasteiger partial charge in [0.25, 0.3) is 0 Å². The van der Waals surface area contributed by atoms with Gasteiger partial charge in [0.1, 0.15) is 0 Å². The Kier molecular flexibility index (Phi) is 4.39. The lowest BCUT2D eigenvalue weighted by Gasteiger charge is -2.40. The molecular weight excluding hydrogens is 248 g/mol. The second kappa shape index (κ2) is 6.25. The van der Waals surface area contributed by atoms with E-state index in [9.17, 15) is 0 Å². The van der Waals surface area contributed by atoms with E-state index in [1.165, 1.54) is 30.4 Å². The quantitative estimate of drug-likeness (QED) is 0.838. The van der Waals surface area contributed by atoms with Gasteiger partial charge in [-0.05, 0) is 44.4 Å². The van der Waals surface area contributed by atoms with Gasteiger partial charge in [0, 0.05) is 25.2 Å².